The third kappa shape index (κ3) is 4.24. The summed E-state index contributed by atoms with van der Waals surface area (Å²) in [6.07, 6.45) is 0. The second-order valence-corrected chi connectivity index (χ2v) is 4.78. The SMILES string of the molecule is CN(C)CCOc1ccc(Nc2ccccc2F)cc1. The van der Waals surface area contributed by atoms with Crippen LogP contribution >= 0.6 is 0 Å². The number of nitrogens with zero attached hydrogens (tertiary/aromatic N) is 1. The molecular weight excluding hydrogens is 255 g/mol. The van der Waals surface area contributed by atoms with Gasteiger partial charge in [-0.05, 0) is 50.5 Å². The van der Waals surface area contributed by atoms with Gasteiger partial charge in [0, 0.05) is 12.2 Å². The van der Waals surface area contributed by atoms with Gasteiger partial charge in [0.05, 0.1) is 5.69 Å². The molecule has 2 rings (SSSR count). The molecule has 2 aromatic carbocycles. The third-order valence-corrected chi connectivity index (χ3v) is 2.81. The minimum atomic E-state index is -0.265. The number of halogens is 1. The number of hydrogen-bond acceptors (Lipinski definition) is 3. The van der Waals surface area contributed by atoms with Crippen LogP contribution in [0.4, 0.5) is 15.8 Å². The molecule has 0 saturated heterocycles. The lowest BCUT2D eigenvalue weighted by Crippen LogP contribution is -2.19. The zero-order valence-electron chi connectivity index (χ0n) is 11.8. The summed E-state index contributed by atoms with van der Waals surface area (Å²) in [5.74, 6) is 0.546. The molecule has 2 aromatic rings. The Hall–Kier alpha value is -2.07. The molecule has 3 nitrogen and oxygen atoms in total. The van der Waals surface area contributed by atoms with Crippen molar-refractivity contribution < 1.29 is 9.13 Å². The molecular formula is C16H19FN2O. The lowest BCUT2D eigenvalue weighted by atomic mass is 10.2. The van der Waals surface area contributed by atoms with E-state index in [0.717, 1.165) is 18.0 Å². The largest absolute Gasteiger partial charge is 0.492 e. The molecule has 0 aliphatic heterocycles. The van der Waals surface area contributed by atoms with Gasteiger partial charge < -0.3 is 15.0 Å². The van der Waals surface area contributed by atoms with Gasteiger partial charge in [-0.25, -0.2) is 4.39 Å². The van der Waals surface area contributed by atoms with Crippen LogP contribution in [0.5, 0.6) is 5.75 Å². The number of nitrogens with one attached hydrogen (secondary N) is 1. The highest BCUT2D eigenvalue weighted by molar-refractivity contribution is 5.60. The minimum Gasteiger partial charge on any atom is -0.492 e. The maximum atomic E-state index is 13.5. The van der Waals surface area contributed by atoms with Crippen molar-refractivity contribution in [2.75, 3.05) is 32.6 Å². The summed E-state index contributed by atoms with van der Waals surface area (Å²) in [7, 11) is 4.01. The van der Waals surface area contributed by atoms with E-state index in [1.54, 1.807) is 18.2 Å². The van der Waals surface area contributed by atoms with Crippen LogP contribution in [0, 0.1) is 5.82 Å². The fourth-order valence-electron chi connectivity index (χ4n) is 1.70. The Morgan fingerprint density at radius 2 is 1.75 bits per heavy atom. The third-order valence-electron chi connectivity index (χ3n) is 2.81. The van der Waals surface area contributed by atoms with Gasteiger partial charge >= 0.3 is 0 Å². The van der Waals surface area contributed by atoms with Gasteiger partial charge in [-0.15, -0.1) is 0 Å². The van der Waals surface area contributed by atoms with E-state index in [9.17, 15) is 4.39 Å². The van der Waals surface area contributed by atoms with Gasteiger partial charge in [-0.3, -0.25) is 0 Å². The summed E-state index contributed by atoms with van der Waals surface area (Å²) in [4.78, 5) is 2.06. The molecule has 0 heterocycles. The van der Waals surface area contributed by atoms with E-state index in [4.69, 9.17) is 4.74 Å². The zero-order valence-corrected chi connectivity index (χ0v) is 11.8. The number of rotatable bonds is 6. The number of hydrogen-bond donors (Lipinski definition) is 1. The lowest BCUT2D eigenvalue weighted by molar-refractivity contribution is 0.261. The Kier molecular flexibility index (Phi) is 4.96. The van der Waals surface area contributed by atoms with Crippen LogP contribution in [0.2, 0.25) is 0 Å². The van der Waals surface area contributed by atoms with E-state index in [1.165, 1.54) is 6.07 Å². The Balaban J connectivity index is 1.93. The lowest BCUT2D eigenvalue weighted by Gasteiger charge is -2.12. The number of anilines is 2. The molecule has 0 fully saturated rings. The van der Waals surface area contributed by atoms with Crippen LogP contribution in [0.3, 0.4) is 0 Å². The van der Waals surface area contributed by atoms with E-state index in [1.807, 2.05) is 38.4 Å². The minimum absolute atomic E-state index is 0.265. The highest BCUT2D eigenvalue weighted by Gasteiger charge is 2.01. The molecule has 0 aliphatic carbocycles. The molecule has 0 unspecified atom stereocenters. The van der Waals surface area contributed by atoms with Gasteiger partial charge in [-0.2, -0.15) is 0 Å². The molecule has 0 radical (unpaired) electrons. The highest BCUT2D eigenvalue weighted by Crippen LogP contribution is 2.21. The average Bonchev–Trinajstić information content (AvgIpc) is 2.43. The monoisotopic (exact) mass is 274 g/mol. The predicted molar refractivity (Wildman–Crippen MR) is 80.2 cm³/mol. The molecule has 106 valence electrons. The fourth-order valence-corrected chi connectivity index (χ4v) is 1.70. The summed E-state index contributed by atoms with van der Waals surface area (Å²) in [5, 5.41) is 3.03. The molecule has 1 N–H and O–H groups in total. The van der Waals surface area contributed by atoms with E-state index in [2.05, 4.69) is 10.2 Å². The fraction of sp³-hybridized carbons (Fsp3) is 0.250. The Morgan fingerprint density at radius 3 is 2.40 bits per heavy atom. The zero-order chi connectivity index (χ0) is 14.4. The van der Waals surface area contributed by atoms with Gasteiger partial charge in [-0.1, -0.05) is 12.1 Å². The molecule has 20 heavy (non-hydrogen) atoms. The first kappa shape index (κ1) is 14.3. The predicted octanol–water partition coefficient (Wildman–Crippen LogP) is 3.51. The summed E-state index contributed by atoms with van der Waals surface area (Å²) in [5.41, 5.74) is 1.30. The highest BCUT2D eigenvalue weighted by atomic mass is 19.1. The molecule has 0 aliphatic rings. The molecule has 0 spiro atoms. The van der Waals surface area contributed by atoms with E-state index in [-0.39, 0.29) is 5.82 Å². The second-order valence-electron chi connectivity index (χ2n) is 4.78. The summed E-state index contributed by atoms with van der Waals surface area (Å²) in [6, 6.07) is 14.1. The summed E-state index contributed by atoms with van der Waals surface area (Å²) in [6.45, 7) is 1.52. The van der Waals surface area contributed by atoms with Crippen molar-refractivity contribution in [1.82, 2.24) is 4.90 Å². The molecule has 0 amide bonds. The summed E-state index contributed by atoms with van der Waals surface area (Å²) < 4.78 is 19.1. The van der Waals surface area contributed by atoms with Crippen LogP contribution in [0.15, 0.2) is 48.5 Å². The van der Waals surface area contributed by atoms with E-state index >= 15 is 0 Å². The van der Waals surface area contributed by atoms with Gasteiger partial charge in [0.15, 0.2) is 0 Å². The average molecular weight is 274 g/mol. The first-order valence-corrected chi connectivity index (χ1v) is 6.54. The molecule has 0 aromatic heterocycles. The molecule has 0 atom stereocenters. The van der Waals surface area contributed by atoms with Gasteiger partial charge in [0.25, 0.3) is 0 Å². The van der Waals surface area contributed by atoms with Crippen molar-refractivity contribution in [1.29, 1.82) is 0 Å². The van der Waals surface area contributed by atoms with Crippen LogP contribution in [0.25, 0.3) is 0 Å². The van der Waals surface area contributed by atoms with Gasteiger partial charge in [0.2, 0.25) is 0 Å². The van der Waals surface area contributed by atoms with Crippen molar-refractivity contribution in [2.45, 2.75) is 0 Å². The van der Waals surface area contributed by atoms with Crippen LogP contribution in [-0.2, 0) is 0 Å². The smallest absolute Gasteiger partial charge is 0.146 e. The number of likely N-dealkylation sites (N-methyl/N-ethyl adjacent to an activating group) is 1. The van der Waals surface area contributed by atoms with Crippen molar-refractivity contribution >= 4 is 11.4 Å². The van der Waals surface area contributed by atoms with Crippen molar-refractivity contribution in [2.24, 2.45) is 0 Å². The second kappa shape index (κ2) is 6.91. The Bertz CT molecular complexity index is 540. The van der Waals surface area contributed by atoms with Crippen LogP contribution in [0.1, 0.15) is 0 Å². The maximum Gasteiger partial charge on any atom is 0.146 e. The summed E-state index contributed by atoms with van der Waals surface area (Å²) >= 11 is 0. The van der Waals surface area contributed by atoms with E-state index in [0.29, 0.717) is 12.3 Å². The van der Waals surface area contributed by atoms with Crippen LogP contribution in [-0.4, -0.2) is 32.1 Å². The van der Waals surface area contributed by atoms with Gasteiger partial charge in [0.1, 0.15) is 18.2 Å². The Labute approximate surface area is 119 Å². The van der Waals surface area contributed by atoms with Crippen molar-refractivity contribution in [3.63, 3.8) is 0 Å². The molecule has 0 bridgehead atoms. The number of benzene rings is 2. The standard InChI is InChI=1S/C16H19FN2O/c1-19(2)11-12-20-14-9-7-13(8-10-14)18-16-6-4-3-5-15(16)17/h3-10,18H,11-12H2,1-2H3. The maximum absolute atomic E-state index is 13.5. The van der Waals surface area contributed by atoms with Crippen molar-refractivity contribution in [3.05, 3.63) is 54.3 Å². The van der Waals surface area contributed by atoms with E-state index < -0.39 is 0 Å². The number of para-hydroxylation sites is 1. The normalized spacial score (nSPS) is 10.6. The first-order chi connectivity index (χ1) is 9.65. The topological polar surface area (TPSA) is 24.5 Å². The first-order valence-electron chi connectivity index (χ1n) is 6.54. The Morgan fingerprint density at radius 1 is 1.05 bits per heavy atom. The van der Waals surface area contributed by atoms with Crippen LogP contribution < -0.4 is 10.1 Å². The molecule has 4 heteroatoms. The molecule has 0 saturated carbocycles. The van der Waals surface area contributed by atoms with Crippen molar-refractivity contribution in [3.8, 4) is 5.75 Å². The number of ether oxygens (including phenoxy) is 1. The quantitative estimate of drug-likeness (QED) is 0.872.